The average Bonchev–Trinajstić information content (AvgIpc) is 2.82. The summed E-state index contributed by atoms with van der Waals surface area (Å²) in [5.74, 6) is 0.353. The molecule has 0 spiro atoms. The molecule has 132 valence electrons. The van der Waals surface area contributed by atoms with E-state index >= 15 is 0 Å². The molecule has 23 heavy (non-hydrogen) atoms. The topological polar surface area (TPSA) is 154 Å². The Balaban J connectivity index is 2.62. The molecule has 1 aliphatic rings. The lowest BCUT2D eigenvalue weighted by atomic mass is 10.2. The molecule has 11 heteroatoms. The van der Waals surface area contributed by atoms with Crippen molar-refractivity contribution in [2.45, 2.75) is 32.5 Å². The van der Waals surface area contributed by atoms with Gasteiger partial charge in [-0.25, -0.2) is 4.99 Å². The molecular weight excluding hydrogens is 325 g/mol. The highest BCUT2D eigenvalue weighted by molar-refractivity contribution is 7.51. The highest BCUT2D eigenvalue weighted by atomic mass is 31.2. The number of rotatable bonds is 9. The summed E-state index contributed by atoms with van der Waals surface area (Å²) in [7, 11) is -4.18. The van der Waals surface area contributed by atoms with Crippen LogP contribution in [0.25, 0.3) is 0 Å². The Bertz CT molecular complexity index is 502. The van der Waals surface area contributed by atoms with Crippen LogP contribution >= 0.6 is 7.60 Å². The predicted molar refractivity (Wildman–Crippen MR) is 86.9 cm³/mol. The Labute approximate surface area is 135 Å². The van der Waals surface area contributed by atoms with Crippen LogP contribution in [0.15, 0.2) is 9.98 Å². The summed E-state index contributed by atoms with van der Waals surface area (Å²) in [5, 5.41) is 7.94. The third-order valence-electron chi connectivity index (χ3n) is 2.82. The minimum atomic E-state index is -4.18. The van der Waals surface area contributed by atoms with E-state index in [1.807, 2.05) is 6.92 Å². The molecule has 2 unspecified atom stereocenters. The minimum Gasteiger partial charge on any atom is -0.479 e. The van der Waals surface area contributed by atoms with Crippen molar-refractivity contribution in [2.24, 2.45) is 15.7 Å². The number of hydrogen-bond donors (Lipinski definition) is 4. The van der Waals surface area contributed by atoms with E-state index in [1.165, 1.54) is 6.34 Å². The van der Waals surface area contributed by atoms with E-state index in [0.717, 1.165) is 6.42 Å². The number of nitrogens with one attached hydrogen (secondary N) is 1. The van der Waals surface area contributed by atoms with Gasteiger partial charge in [-0.2, -0.15) is 0 Å². The first-order valence-corrected chi connectivity index (χ1v) is 8.97. The van der Waals surface area contributed by atoms with Crippen LogP contribution in [0, 0.1) is 5.41 Å². The van der Waals surface area contributed by atoms with Crippen molar-refractivity contribution in [3.05, 3.63) is 0 Å². The summed E-state index contributed by atoms with van der Waals surface area (Å²) >= 11 is 0. The van der Waals surface area contributed by atoms with E-state index in [2.05, 4.69) is 9.98 Å². The van der Waals surface area contributed by atoms with E-state index in [-0.39, 0.29) is 12.5 Å². The Morgan fingerprint density at radius 2 is 2.22 bits per heavy atom. The second kappa shape index (κ2) is 8.97. The second-order valence-corrected chi connectivity index (χ2v) is 6.63. The molecule has 0 bridgehead atoms. The third-order valence-corrected chi connectivity index (χ3v) is 3.34. The zero-order valence-corrected chi connectivity index (χ0v) is 14.1. The van der Waals surface area contributed by atoms with Crippen LogP contribution in [0.2, 0.25) is 0 Å². The fourth-order valence-corrected chi connectivity index (χ4v) is 2.25. The van der Waals surface area contributed by atoms with Gasteiger partial charge in [0.15, 0.2) is 12.2 Å². The maximum atomic E-state index is 10.7. The van der Waals surface area contributed by atoms with Crippen molar-refractivity contribution in [1.29, 1.82) is 5.41 Å². The molecular formula is C12H24N5O5P. The van der Waals surface area contributed by atoms with Gasteiger partial charge in [0.25, 0.3) is 0 Å². The summed E-state index contributed by atoms with van der Waals surface area (Å²) in [5.41, 5.74) is 5.63. The number of nitrogens with two attached hydrogens (primary N) is 1. The van der Waals surface area contributed by atoms with Crippen molar-refractivity contribution >= 4 is 25.7 Å². The van der Waals surface area contributed by atoms with Gasteiger partial charge in [-0.05, 0) is 13.3 Å². The molecule has 10 nitrogen and oxygen atoms in total. The fourth-order valence-electron chi connectivity index (χ4n) is 1.88. The highest BCUT2D eigenvalue weighted by Gasteiger charge is 2.34. The SMILES string of the molecule is CCCOC(=N)C1N=CN(CCOCP(=O)(O)O)C1/N=C(\C)N. The van der Waals surface area contributed by atoms with Crippen LogP contribution < -0.4 is 5.73 Å². The lowest BCUT2D eigenvalue weighted by Crippen LogP contribution is -2.42. The van der Waals surface area contributed by atoms with E-state index in [0.29, 0.717) is 19.0 Å². The molecule has 5 N–H and O–H groups in total. The zero-order valence-electron chi connectivity index (χ0n) is 13.3. The number of nitrogens with zero attached hydrogens (tertiary/aromatic N) is 3. The van der Waals surface area contributed by atoms with Gasteiger partial charge in [0.05, 0.1) is 25.4 Å². The first-order chi connectivity index (χ1) is 10.7. The van der Waals surface area contributed by atoms with Crippen LogP contribution in [-0.2, 0) is 14.0 Å². The van der Waals surface area contributed by atoms with Crippen LogP contribution in [-0.4, -0.2) is 71.1 Å². The molecule has 0 radical (unpaired) electrons. The van der Waals surface area contributed by atoms with E-state index in [4.69, 9.17) is 30.4 Å². The lowest BCUT2D eigenvalue weighted by Gasteiger charge is -2.25. The normalized spacial score (nSPS) is 21.7. The van der Waals surface area contributed by atoms with Crippen molar-refractivity contribution in [3.63, 3.8) is 0 Å². The zero-order chi connectivity index (χ0) is 17.5. The lowest BCUT2D eigenvalue weighted by molar-refractivity contribution is 0.135. The van der Waals surface area contributed by atoms with Crippen LogP contribution in [0.4, 0.5) is 0 Å². The quantitative estimate of drug-likeness (QED) is 0.197. The Morgan fingerprint density at radius 3 is 2.78 bits per heavy atom. The number of ether oxygens (including phenoxy) is 2. The summed E-state index contributed by atoms with van der Waals surface area (Å²) in [6.45, 7) is 4.39. The fraction of sp³-hybridized carbons (Fsp3) is 0.750. The molecule has 0 aromatic heterocycles. The van der Waals surface area contributed by atoms with E-state index in [9.17, 15) is 4.57 Å². The summed E-state index contributed by atoms with van der Waals surface area (Å²) in [6, 6.07) is -0.596. The summed E-state index contributed by atoms with van der Waals surface area (Å²) in [4.78, 5) is 27.7. The van der Waals surface area contributed by atoms with Gasteiger partial charge in [0.1, 0.15) is 6.35 Å². The monoisotopic (exact) mass is 349 g/mol. The molecule has 1 rings (SSSR count). The molecule has 0 saturated heterocycles. The first-order valence-electron chi connectivity index (χ1n) is 7.17. The van der Waals surface area contributed by atoms with Crippen LogP contribution in [0.1, 0.15) is 20.3 Å². The van der Waals surface area contributed by atoms with Crippen molar-refractivity contribution in [1.82, 2.24) is 4.90 Å². The minimum absolute atomic E-state index is 0.0109. The molecule has 0 amide bonds. The Morgan fingerprint density at radius 1 is 1.52 bits per heavy atom. The summed E-state index contributed by atoms with van der Waals surface area (Å²) < 4.78 is 21.0. The van der Waals surface area contributed by atoms with Gasteiger partial charge in [-0.15, -0.1) is 0 Å². The van der Waals surface area contributed by atoms with Crippen molar-refractivity contribution in [2.75, 3.05) is 26.1 Å². The number of hydrogen-bond acceptors (Lipinski definition) is 7. The maximum Gasteiger partial charge on any atom is 0.350 e. The number of amidine groups is 1. The van der Waals surface area contributed by atoms with Gasteiger partial charge in [-0.1, -0.05) is 6.92 Å². The molecule has 2 atom stereocenters. The molecule has 0 fully saturated rings. The third kappa shape index (κ3) is 7.08. The predicted octanol–water partition coefficient (Wildman–Crippen LogP) is -0.0422. The molecule has 0 saturated carbocycles. The maximum absolute atomic E-state index is 10.7. The molecule has 1 aliphatic heterocycles. The molecule has 0 aromatic carbocycles. The largest absolute Gasteiger partial charge is 0.479 e. The van der Waals surface area contributed by atoms with Gasteiger partial charge < -0.3 is 29.9 Å². The first kappa shape index (κ1) is 19.6. The van der Waals surface area contributed by atoms with Crippen molar-refractivity contribution in [3.8, 4) is 0 Å². The Kier molecular flexibility index (Phi) is 7.63. The van der Waals surface area contributed by atoms with Crippen molar-refractivity contribution < 1.29 is 23.8 Å². The molecule has 1 heterocycles. The smallest absolute Gasteiger partial charge is 0.350 e. The standard InChI is InChI=1S/C12H24N5O5P/c1-3-5-22-11(14)10-12(16-9(2)13)17(7-15-10)4-6-21-8-23(18,19)20/h7,10,12,14H,3-6,8H2,1-2H3,(H2,13,16)(H2,18,19,20). The molecule has 0 aromatic rings. The summed E-state index contributed by atoms with van der Waals surface area (Å²) in [6.07, 6.45) is 1.14. The van der Waals surface area contributed by atoms with Gasteiger partial charge in [0.2, 0.25) is 5.90 Å². The van der Waals surface area contributed by atoms with Crippen LogP contribution in [0.5, 0.6) is 0 Å². The van der Waals surface area contributed by atoms with Crippen LogP contribution in [0.3, 0.4) is 0 Å². The van der Waals surface area contributed by atoms with Gasteiger partial charge in [0, 0.05) is 6.54 Å². The number of aliphatic imine (C=N–C) groups is 2. The highest BCUT2D eigenvalue weighted by Crippen LogP contribution is 2.33. The van der Waals surface area contributed by atoms with E-state index < -0.39 is 26.2 Å². The molecule has 0 aliphatic carbocycles. The van der Waals surface area contributed by atoms with Gasteiger partial charge >= 0.3 is 7.60 Å². The van der Waals surface area contributed by atoms with E-state index in [1.54, 1.807) is 11.8 Å². The average molecular weight is 349 g/mol. The second-order valence-electron chi connectivity index (χ2n) is 5.05. The Hall–Kier alpha value is -1.48. The van der Waals surface area contributed by atoms with Gasteiger partial charge in [-0.3, -0.25) is 15.0 Å².